The van der Waals surface area contributed by atoms with Gasteiger partial charge in [0.25, 0.3) is 0 Å². The first kappa shape index (κ1) is 13.3. The lowest BCUT2D eigenvalue weighted by molar-refractivity contribution is -0.113. The molecule has 0 bridgehead atoms. The molecule has 8 heteroatoms. The zero-order valence-electron chi connectivity index (χ0n) is 10.6. The fourth-order valence-corrected chi connectivity index (χ4v) is 2.08. The van der Waals surface area contributed by atoms with Crippen molar-refractivity contribution in [3.63, 3.8) is 0 Å². The lowest BCUT2D eigenvalue weighted by Crippen LogP contribution is -2.15. The Morgan fingerprint density at radius 3 is 3.00 bits per heavy atom. The molecule has 2 rings (SSSR count). The fourth-order valence-electron chi connectivity index (χ4n) is 1.43. The van der Waals surface area contributed by atoms with Crippen LogP contribution in [0.2, 0.25) is 0 Å². The van der Waals surface area contributed by atoms with Crippen LogP contribution in [0.1, 0.15) is 5.56 Å². The number of tetrazole rings is 1. The Labute approximate surface area is 114 Å². The number of nitrogens with two attached hydrogens (primary N) is 1. The van der Waals surface area contributed by atoms with Crippen molar-refractivity contribution in [2.24, 2.45) is 7.05 Å². The molecule has 1 heterocycles. The van der Waals surface area contributed by atoms with E-state index < -0.39 is 0 Å². The number of hydrogen-bond donors (Lipinski definition) is 2. The predicted octanol–water partition coefficient (Wildman–Crippen LogP) is 0.832. The normalized spacial score (nSPS) is 10.4. The molecule has 1 aromatic carbocycles. The maximum atomic E-state index is 11.8. The molecule has 7 nitrogen and oxygen atoms in total. The third kappa shape index (κ3) is 3.44. The molecule has 0 radical (unpaired) electrons. The molecule has 1 aromatic heterocycles. The van der Waals surface area contributed by atoms with E-state index in [9.17, 15) is 4.79 Å². The van der Waals surface area contributed by atoms with Gasteiger partial charge < -0.3 is 11.1 Å². The van der Waals surface area contributed by atoms with Crippen molar-refractivity contribution in [2.45, 2.75) is 12.1 Å². The quantitative estimate of drug-likeness (QED) is 0.635. The predicted molar refractivity (Wildman–Crippen MR) is 73.7 cm³/mol. The molecular formula is C11H14N6OS. The summed E-state index contributed by atoms with van der Waals surface area (Å²) < 4.78 is 1.52. The molecule has 100 valence electrons. The summed E-state index contributed by atoms with van der Waals surface area (Å²) in [5, 5.41) is 14.4. The van der Waals surface area contributed by atoms with Gasteiger partial charge in [-0.3, -0.25) is 4.79 Å². The van der Waals surface area contributed by atoms with Crippen molar-refractivity contribution in [1.82, 2.24) is 20.2 Å². The summed E-state index contributed by atoms with van der Waals surface area (Å²) in [6.45, 7) is 1.91. The van der Waals surface area contributed by atoms with E-state index in [1.165, 1.54) is 16.4 Å². The molecule has 0 aliphatic heterocycles. The topological polar surface area (TPSA) is 98.7 Å². The third-order valence-corrected chi connectivity index (χ3v) is 3.46. The van der Waals surface area contributed by atoms with E-state index in [-0.39, 0.29) is 11.7 Å². The molecule has 0 fully saturated rings. The zero-order valence-corrected chi connectivity index (χ0v) is 11.4. The Morgan fingerprint density at radius 2 is 2.32 bits per heavy atom. The summed E-state index contributed by atoms with van der Waals surface area (Å²) in [5.74, 6) is 0.115. The number of anilines is 2. The standard InChI is InChI=1S/C11H14N6OS/c1-7-3-4-8(12)5-9(7)13-10(18)6-19-11-14-15-16-17(11)2/h3-5H,6,12H2,1-2H3,(H,13,18). The van der Waals surface area contributed by atoms with Crippen LogP contribution in [-0.2, 0) is 11.8 Å². The molecule has 1 amide bonds. The van der Waals surface area contributed by atoms with Gasteiger partial charge >= 0.3 is 0 Å². The molecule has 0 atom stereocenters. The fraction of sp³-hybridized carbons (Fsp3) is 0.273. The number of amides is 1. The lowest BCUT2D eigenvalue weighted by Gasteiger charge is -2.08. The van der Waals surface area contributed by atoms with Crippen LogP contribution in [0.4, 0.5) is 11.4 Å². The smallest absolute Gasteiger partial charge is 0.234 e. The first-order chi connectivity index (χ1) is 9.06. The van der Waals surface area contributed by atoms with Gasteiger partial charge in [0.15, 0.2) is 0 Å². The number of nitrogens with one attached hydrogen (secondary N) is 1. The van der Waals surface area contributed by atoms with Gasteiger partial charge in [0.1, 0.15) is 0 Å². The Balaban J connectivity index is 1.94. The third-order valence-electron chi connectivity index (χ3n) is 2.45. The van der Waals surface area contributed by atoms with E-state index >= 15 is 0 Å². The number of carbonyl (C=O) groups is 1. The van der Waals surface area contributed by atoms with E-state index in [0.717, 1.165) is 11.3 Å². The molecule has 0 spiro atoms. The summed E-state index contributed by atoms with van der Waals surface area (Å²) in [6.07, 6.45) is 0. The number of nitrogen functional groups attached to an aromatic ring is 1. The maximum Gasteiger partial charge on any atom is 0.234 e. The minimum atomic E-state index is -0.123. The molecule has 0 saturated carbocycles. The molecule has 19 heavy (non-hydrogen) atoms. The Hall–Kier alpha value is -2.09. The summed E-state index contributed by atoms with van der Waals surface area (Å²) in [4.78, 5) is 11.8. The van der Waals surface area contributed by atoms with Gasteiger partial charge in [-0.25, -0.2) is 4.68 Å². The van der Waals surface area contributed by atoms with Crippen LogP contribution in [0.5, 0.6) is 0 Å². The van der Waals surface area contributed by atoms with Crippen molar-refractivity contribution in [2.75, 3.05) is 16.8 Å². The first-order valence-corrected chi connectivity index (χ1v) is 6.56. The summed E-state index contributed by atoms with van der Waals surface area (Å²) in [5.41, 5.74) is 7.99. The Kier molecular flexibility index (Phi) is 4.00. The zero-order chi connectivity index (χ0) is 13.8. The number of aromatic nitrogens is 4. The van der Waals surface area contributed by atoms with Crippen molar-refractivity contribution >= 4 is 29.0 Å². The van der Waals surface area contributed by atoms with Crippen LogP contribution >= 0.6 is 11.8 Å². The number of thioether (sulfide) groups is 1. The summed E-state index contributed by atoms with van der Waals surface area (Å²) in [7, 11) is 1.72. The molecule has 0 aliphatic rings. The second kappa shape index (κ2) is 5.70. The van der Waals surface area contributed by atoms with Gasteiger partial charge in [0, 0.05) is 18.4 Å². The van der Waals surface area contributed by atoms with Gasteiger partial charge in [-0.2, -0.15) is 0 Å². The van der Waals surface area contributed by atoms with Crippen LogP contribution in [-0.4, -0.2) is 31.9 Å². The van der Waals surface area contributed by atoms with Crippen molar-refractivity contribution in [3.05, 3.63) is 23.8 Å². The average molecular weight is 278 g/mol. The number of aryl methyl sites for hydroxylation is 2. The maximum absolute atomic E-state index is 11.8. The van der Waals surface area contributed by atoms with Gasteiger partial charge in [0.2, 0.25) is 11.1 Å². The summed E-state index contributed by atoms with van der Waals surface area (Å²) in [6, 6.07) is 5.40. The van der Waals surface area contributed by atoms with Gasteiger partial charge in [-0.05, 0) is 35.0 Å². The monoisotopic (exact) mass is 278 g/mol. The Morgan fingerprint density at radius 1 is 1.53 bits per heavy atom. The van der Waals surface area contributed by atoms with Crippen LogP contribution in [0, 0.1) is 6.92 Å². The van der Waals surface area contributed by atoms with E-state index in [4.69, 9.17) is 5.73 Å². The first-order valence-electron chi connectivity index (χ1n) is 5.57. The van der Waals surface area contributed by atoms with Crippen molar-refractivity contribution in [1.29, 1.82) is 0 Å². The molecule has 0 unspecified atom stereocenters. The largest absolute Gasteiger partial charge is 0.399 e. The van der Waals surface area contributed by atoms with E-state index in [0.29, 0.717) is 10.8 Å². The molecule has 3 N–H and O–H groups in total. The molecule has 0 saturated heterocycles. The minimum absolute atomic E-state index is 0.123. The number of carbonyl (C=O) groups excluding carboxylic acids is 1. The molecule has 2 aromatic rings. The second-order valence-corrected chi connectivity index (χ2v) is 4.94. The number of nitrogens with zero attached hydrogens (tertiary/aromatic N) is 4. The van der Waals surface area contributed by atoms with Crippen molar-refractivity contribution in [3.8, 4) is 0 Å². The SMILES string of the molecule is Cc1ccc(N)cc1NC(=O)CSc1nnnn1C. The van der Waals surface area contributed by atoms with Crippen LogP contribution in [0.25, 0.3) is 0 Å². The van der Waals surface area contributed by atoms with Gasteiger partial charge in [0.05, 0.1) is 5.75 Å². The average Bonchev–Trinajstić information content (AvgIpc) is 2.77. The lowest BCUT2D eigenvalue weighted by atomic mass is 10.2. The Bertz CT molecular complexity index is 597. The number of rotatable bonds is 4. The highest BCUT2D eigenvalue weighted by Crippen LogP contribution is 2.19. The van der Waals surface area contributed by atoms with Crippen LogP contribution in [0.15, 0.2) is 23.4 Å². The summed E-state index contributed by atoms with van der Waals surface area (Å²) >= 11 is 1.27. The number of hydrogen-bond acceptors (Lipinski definition) is 6. The highest BCUT2D eigenvalue weighted by molar-refractivity contribution is 7.99. The van der Waals surface area contributed by atoms with Crippen LogP contribution in [0.3, 0.4) is 0 Å². The highest BCUT2D eigenvalue weighted by atomic mass is 32.2. The van der Waals surface area contributed by atoms with Crippen molar-refractivity contribution < 1.29 is 4.79 Å². The van der Waals surface area contributed by atoms with Gasteiger partial charge in [-0.15, -0.1) is 5.10 Å². The molecular weight excluding hydrogens is 264 g/mol. The van der Waals surface area contributed by atoms with Gasteiger partial charge in [-0.1, -0.05) is 17.8 Å². The molecule has 0 aliphatic carbocycles. The van der Waals surface area contributed by atoms with E-state index in [1.54, 1.807) is 19.2 Å². The van der Waals surface area contributed by atoms with E-state index in [1.807, 2.05) is 13.0 Å². The number of benzene rings is 1. The second-order valence-electron chi connectivity index (χ2n) is 4.00. The van der Waals surface area contributed by atoms with Crippen LogP contribution < -0.4 is 11.1 Å². The minimum Gasteiger partial charge on any atom is -0.399 e. The highest BCUT2D eigenvalue weighted by Gasteiger charge is 2.09. The van der Waals surface area contributed by atoms with E-state index in [2.05, 4.69) is 20.8 Å².